The highest BCUT2D eigenvalue weighted by molar-refractivity contribution is 8.00. The zero-order chi connectivity index (χ0) is 34.8. The van der Waals surface area contributed by atoms with Crippen LogP contribution in [0.15, 0.2) is 144 Å². The number of carbonyl (C=O) groups excluding carboxylic acids is 3. The van der Waals surface area contributed by atoms with Crippen molar-refractivity contribution in [2.45, 2.75) is 16.3 Å². The molecule has 0 fully saturated rings. The van der Waals surface area contributed by atoms with Crippen molar-refractivity contribution in [3.8, 4) is 5.75 Å². The van der Waals surface area contributed by atoms with Gasteiger partial charge >= 0.3 is 6.18 Å². The summed E-state index contributed by atoms with van der Waals surface area (Å²) in [5, 5.41) is 7.04. The second-order valence-electron chi connectivity index (χ2n) is 10.6. The molecular weight excluding hydrogens is 651 g/mol. The first-order valence-electron chi connectivity index (χ1n) is 14.9. The number of para-hydroxylation sites is 1. The van der Waals surface area contributed by atoms with Crippen molar-refractivity contribution >= 4 is 46.9 Å². The van der Waals surface area contributed by atoms with E-state index in [0.717, 1.165) is 17.8 Å². The quantitative estimate of drug-likeness (QED) is 0.0959. The first-order chi connectivity index (χ1) is 23.6. The normalized spacial score (nSPS) is 12.0. The van der Waals surface area contributed by atoms with Crippen molar-refractivity contribution in [2.75, 3.05) is 17.7 Å². The van der Waals surface area contributed by atoms with Gasteiger partial charge in [-0.25, -0.2) is 0 Å². The number of benzene rings is 5. The minimum atomic E-state index is -4.65. The lowest BCUT2D eigenvalue weighted by molar-refractivity contribution is -0.137. The summed E-state index contributed by atoms with van der Waals surface area (Å²) in [5.74, 6) is -1.12. The molecule has 1 unspecified atom stereocenters. The molecule has 0 aliphatic heterocycles. The van der Waals surface area contributed by atoms with Crippen LogP contribution < -0.4 is 20.7 Å². The van der Waals surface area contributed by atoms with E-state index in [4.69, 9.17) is 4.74 Å². The number of hydrogen-bond acceptors (Lipinski definition) is 5. The Morgan fingerprint density at radius 1 is 0.755 bits per heavy atom. The van der Waals surface area contributed by atoms with Gasteiger partial charge in [0.2, 0.25) is 5.91 Å². The summed E-state index contributed by atoms with van der Waals surface area (Å²) >= 11 is 1.14. The number of methoxy groups -OCH3 is 1. The molecule has 5 rings (SSSR count). The van der Waals surface area contributed by atoms with Crippen LogP contribution in [-0.4, -0.2) is 24.8 Å². The van der Waals surface area contributed by atoms with E-state index < -0.39 is 34.7 Å². The molecule has 49 heavy (non-hydrogen) atoms. The molecule has 0 heterocycles. The van der Waals surface area contributed by atoms with Crippen LogP contribution in [0.4, 0.5) is 24.5 Å². The maximum absolute atomic E-state index is 13.6. The number of nitrogens with one attached hydrogen (secondary N) is 3. The molecule has 0 saturated carbocycles. The second kappa shape index (κ2) is 15.9. The smallest absolute Gasteiger partial charge is 0.418 e. The average Bonchev–Trinajstić information content (AvgIpc) is 3.11. The Morgan fingerprint density at radius 3 is 2.08 bits per heavy atom. The van der Waals surface area contributed by atoms with E-state index in [0.29, 0.717) is 33.0 Å². The Balaban J connectivity index is 1.35. The molecule has 0 bridgehead atoms. The number of ether oxygens (including phenoxy) is 1. The van der Waals surface area contributed by atoms with E-state index in [-0.39, 0.29) is 11.4 Å². The third-order valence-electron chi connectivity index (χ3n) is 7.13. The lowest BCUT2D eigenvalue weighted by Gasteiger charge is -2.19. The number of rotatable bonds is 11. The van der Waals surface area contributed by atoms with E-state index in [9.17, 15) is 27.6 Å². The standard InChI is InChI=1S/C38H30F3N3O4S/c1-48-29-16-10-11-25(23-29)24-33(44-35(45)27-14-6-3-7-15-27)36(46)42-28-19-21-30(22-20-28)49-34(26-12-4-2-5-13-26)37(47)43-32-18-9-8-17-31(32)38(39,40)41/h2-24,34H,1H3,(H,42,46)(H,43,47)(H,44,45)/b33-24-. The number of thioether (sulfide) groups is 1. The van der Waals surface area contributed by atoms with Crippen LogP contribution in [-0.2, 0) is 15.8 Å². The average molecular weight is 682 g/mol. The molecule has 11 heteroatoms. The largest absolute Gasteiger partial charge is 0.497 e. The van der Waals surface area contributed by atoms with E-state index in [1.807, 2.05) is 0 Å². The summed E-state index contributed by atoms with van der Waals surface area (Å²) in [7, 11) is 1.52. The Kier molecular flexibility index (Phi) is 11.2. The van der Waals surface area contributed by atoms with Gasteiger partial charge < -0.3 is 20.7 Å². The molecule has 0 aromatic heterocycles. The minimum absolute atomic E-state index is 0.0134. The van der Waals surface area contributed by atoms with Crippen molar-refractivity contribution < 1.29 is 32.3 Å². The summed E-state index contributed by atoms with van der Waals surface area (Å²) in [6, 6.07) is 35.6. The third-order valence-corrected chi connectivity index (χ3v) is 8.40. The molecular formula is C38H30F3N3O4S. The fraction of sp³-hybridized carbons (Fsp3) is 0.0789. The Morgan fingerprint density at radius 2 is 1.41 bits per heavy atom. The van der Waals surface area contributed by atoms with Gasteiger partial charge in [-0.05, 0) is 77.9 Å². The van der Waals surface area contributed by atoms with Gasteiger partial charge in [0.1, 0.15) is 16.7 Å². The lowest BCUT2D eigenvalue weighted by Crippen LogP contribution is -2.30. The highest BCUT2D eigenvalue weighted by atomic mass is 32.2. The Bertz CT molecular complexity index is 1950. The maximum Gasteiger partial charge on any atom is 0.418 e. The van der Waals surface area contributed by atoms with E-state index in [2.05, 4.69) is 16.0 Å². The van der Waals surface area contributed by atoms with Gasteiger partial charge in [0.15, 0.2) is 0 Å². The van der Waals surface area contributed by atoms with E-state index in [1.165, 1.54) is 31.4 Å². The molecule has 0 spiro atoms. The summed E-state index contributed by atoms with van der Waals surface area (Å²) in [4.78, 5) is 40.5. The summed E-state index contributed by atoms with van der Waals surface area (Å²) in [6.07, 6.45) is -3.12. The SMILES string of the molecule is COc1cccc(/C=C(\NC(=O)c2ccccc2)C(=O)Nc2ccc(SC(C(=O)Nc3ccccc3C(F)(F)F)c3ccccc3)cc2)c1. The minimum Gasteiger partial charge on any atom is -0.497 e. The molecule has 7 nitrogen and oxygen atoms in total. The molecule has 5 aromatic rings. The summed E-state index contributed by atoms with van der Waals surface area (Å²) < 4.78 is 46.1. The van der Waals surface area contributed by atoms with Crippen LogP contribution in [0, 0.1) is 0 Å². The van der Waals surface area contributed by atoms with Crippen LogP contribution in [0.25, 0.3) is 6.08 Å². The summed E-state index contributed by atoms with van der Waals surface area (Å²) in [5.41, 5.74) is 0.685. The number of anilines is 2. The molecule has 3 N–H and O–H groups in total. The zero-order valence-corrected chi connectivity index (χ0v) is 26.8. The van der Waals surface area contributed by atoms with Gasteiger partial charge in [-0.3, -0.25) is 14.4 Å². The predicted molar refractivity (Wildman–Crippen MR) is 185 cm³/mol. The number of amides is 3. The number of hydrogen-bond donors (Lipinski definition) is 3. The van der Waals surface area contributed by atoms with Crippen molar-refractivity contribution in [1.82, 2.24) is 5.32 Å². The van der Waals surface area contributed by atoms with Crippen LogP contribution in [0.1, 0.15) is 32.3 Å². The van der Waals surface area contributed by atoms with Crippen LogP contribution >= 0.6 is 11.8 Å². The molecule has 1 atom stereocenters. The second-order valence-corrected chi connectivity index (χ2v) is 11.8. The van der Waals surface area contributed by atoms with Gasteiger partial charge in [0.05, 0.1) is 18.4 Å². The number of alkyl halides is 3. The van der Waals surface area contributed by atoms with Crippen LogP contribution in [0.2, 0.25) is 0 Å². The van der Waals surface area contributed by atoms with Gasteiger partial charge in [-0.1, -0.05) is 72.8 Å². The molecule has 5 aromatic carbocycles. The Hall–Kier alpha value is -5.81. The van der Waals surface area contributed by atoms with Gasteiger partial charge in [-0.2, -0.15) is 13.2 Å². The van der Waals surface area contributed by atoms with E-state index in [1.54, 1.807) is 109 Å². The third kappa shape index (κ3) is 9.39. The monoisotopic (exact) mass is 681 g/mol. The molecule has 0 aliphatic carbocycles. The van der Waals surface area contributed by atoms with Crippen molar-refractivity contribution in [1.29, 1.82) is 0 Å². The first kappa shape index (κ1) is 34.5. The van der Waals surface area contributed by atoms with Gasteiger partial charge in [-0.15, -0.1) is 11.8 Å². The fourth-order valence-corrected chi connectivity index (χ4v) is 5.75. The molecule has 0 radical (unpaired) electrons. The molecule has 0 saturated heterocycles. The van der Waals surface area contributed by atoms with E-state index >= 15 is 0 Å². The predicted octanol–water partition coefficient (Wildman–Crippen LogP) is 8.60. The fourth-order valence-electron chi connectivity index (χ4n) is 4.73. The van der Waals surface area contributed by atoms with Crippen LogP contribution in [0.3, 0.4) is 0 Å². The zero-order valence-electron chi connectivity index (χ0n) is 26.0. The van der Waals surface area contributed by atoms with Gasteiger partial charge in [0, 0.05) is 16.1 Å². The van der Waals surface area contributed by atoms with Crippen LogP contribution in [0.5, 0.6) is 5.75 Å². The number of halogens is 3. The highest BCUT2D eigenvalue weighted by Crippen LogP contribution is 2.39. The molecule has 3 amide bonds. The lowest BCUT2D eigenvalue weighted by atomic mass is 10.1. The Labute approximate surface area is 285 Å². The number of carbonyl (C=O) groups is 3. The van der Waals surface area contributed by atoms with Crippen molar-refractivity contribution in [3.05, 3.63) is 161 Å². The topological polar surface area (TPSA) is 96.5 Å². The van der Waals surface area contributed by atoms with Crippen molar-refractivity contribution in [2.24, 2.45) is 0 Å². The maximum atomic E-state index is 13.6. The van der Waals surface area contributed by atoms with Gasteiger partial charge in [0.25, 0.3) is 11.8 Å². The molecule has 248 valence electrons. The molecule has 0 aliphatic rings. The van der Waals surface area contributed by atoms with Crippen molar-refractivity contribution in [3.63, 3.8) is 0 Å². The summed E-state index contributed by atoms with van der Waals surface area (Å²) in [6.45, 7) is 0. The highest BCUT2D eigenvalue weighted by Gasteiger charge is 2.34. The first-order valence-corrected chi connectivity index (χ1v) is 15.8.